The van der Waals surface area contributed by atoms with Crippen LogP contribution in [-0.2, 0) is 10.0 Å². The van der Waals surface area contributed by atoms with Gasteiger partial charge in [0.25, 0.3) is 10.0 Å². The van der Waals surface area contributed by atoms with E-state index in [1.165, 1.54) is 4.31 Å². The van der Waals surface area contributed by atoms with Crippen molar-refractivity contribution in [3.63, 3.8) is 0 Å². The SMILES string of the molecule is Cc1ccc(S(=O)(=O)N2CC(CC(C)(C)C#N)Oc3ccc(N)cc32)cc1. The van der Waals surface area contributed by atoms with E-state index in [-0.39, 0.29) is 11.4 Å². The van der Waals surface area contributed by atoms with Gasteiger partial charge in [0.15, 0.2) is 0 Å². The number of hydrogen-bond acceptors (Lipinski definition) is 5. The monoisotopic (exact) mass is 385 g/mol. The van der Waals surface area contributed by atoms with Gasteiger partial charge in [-0.1, -0.05) is 17.7 Å². The van der Waals surface area contributed by atoms with Gasteiger partial charge >= 0.3 is 0 Å². The first-order valence-corrected chi connectivity index (χ1v) is 10.1. The number of rotatable bonds is 4. The molecule has 0 spiro atoms. The number of benzene rings is 2. The summed E-state index contributed by atoms with van der Waals surface area (Å²) in [5, 5.41) is 9.33. The van der Waals surface area contributed by atoms with Gasteiger partial charge in [-0.05, 0) is 51.1 Å². The molecule has 0 saturated heterocycles. The van der Waals surface area contributed by atoms with E-state index in [0.717, 1.165) is 5.56 Å². The molecule has 1 aliphatic heterocycles. The summed E-state index contributed by atoms with van der Waals surface area (Å²) < 4.78 is 34.0. The van der Waals surface area contributed by atoms with Crippen molar-refractivity contribution < 1.29 is 13.2 Å². The summed E-state index contributed by atoms with van der Waals surface area (Å²) in [6.45, 7) is 5.65. The zero-order valence-electron chi connectivity index (χ0n) is 15.6. The Morgan fingerprint density at radius 3 is 2.56 bits per heavy atom. The summed E-state index contributed by atoms with van der Waals surface area (Å²) in [6.07, 6.45) is -0.0243. The molecule has 0 bridgehead atoms. The molecule has 0 fully saturated rings. The lowest BCUT2D eigenvalue weighted by atomic mass is 9.88. The minimum Gasteiger partial charge on any atom is -0.486 e. The highest BCUT2D eigenvalue weighted by Crippen LogP contribution is 2.40. The summed E-state index contributed by atoms with van der Waals surface area (Å²) in [6, 6.07) is 13.9. The second-order valence-electron chi connectivity index (χ2n) is 7.52. The van der Waals surface area contributed by atoms with Gasteiger partial charge in [0.05, 0.1) is 28.6 Å². The van der Waals surface area contributed by atoms with Gasteiger partial charge in [-0.3, -0.25) is 4.31 Å². The molecule has 2 aromatic carbocycles. The van der Waals surface area contributed by atoms with Crippen LogP contribution in [-0.4, -0.2) is 21.1 Å². The zero-order chi connectivity index (χ0) is 19.8. The van der Waals surface area contributed by atoms with E-state index in [2.05, 4.69) is 6.07 Å². The van der Waals surface area contributed by atoms with Crippen molar-refractivity contribution >= 4 is 21.4 Å². The van der Waals surface area contributed by atoms with Crippen molar-refractivity contribution in [1.29, 1.82) is 5.26 Å². The number of nitrogens with zero attached hydrogens (tertiary/aromatic N) is 2. The number of nitrogens with two attached hydrogens (primary N) is 1. The lowest BCUT2D eigenvalue weighted by Gasteiger charge is -2.37. The van der Waals surface area contributed by atoms with Crippen molar-refractivity contribution in [3.05, 3.63) is 48.0 Å². The first-order chi connectivity index (χ1) is 12.6. The Kier molecular flexibility index (Phi) is 4.79. The number of sulfonamides is 1. The maximum Gasteiger partial charge on any atom is 0.264 e. The topological polar surface area (TPSA) is 96.4 Å². The van der Waals surface area contributed by atoms with Crippen LogP contribution in [0.2, 0.25) is 0 Å². The van der Waals surface area contributed by atoms with Crippen LogP contribution in [0.25, 0.3) is 0 Å². The van der Waals surface area contributed by atoms with Crippen molar-refractivity contribution in [2.45, 2.75) is 38.2 Å². The fourth-order valence-electron chi connectivity index (χ4n) is 3.12. The van der Waals surface area contributed by atoms with E-state index in [4.69, 9.17) is 10.5 Å². The van der Waals surface area contributed by atoms with Crippen molar-refractivity contribution in [1.82, 2.24) is 0 Å². The molecule has 1 unspecified atom stereocenters. The van der Waals surface area contributed by atoms with Crippen LogP contribution in [0.3, 0.4) is 0 Å². The summed E-state index contributed by atoms with van der Waals surface area (Å²) in [7, 11) is -3.79. The lowest BCUT2D eigenvalue weighted by Crippen LogP contribution is -2.45. The third-order valence-corrected chi connectivity index (χ3v) is 6.36. The van der Waals surface area contributed by atoms with Crippen LogP contribution < -0.4 is 14.8 Å². The largest absolute Gasteiger partial charge is 0.486 e. The van der Waals surface area contributed by atoms with Gasteiger partial charge in [0.1, 0.15) is 11.9 Å². The molecule has 2 N–H and O–H groups in total. The molecule has 142 valence electrons. The van der Waals surface area contributed by atoms with Gasteiger partial charge in [-0.25, -0.2) is 8.42 Å². The highest BCUT2D eigenvalue weighted by atomic mass is 32.2. The van der Waals surface area contributed by atoms with E-state index in [1.54, 1.807) is 42.5 Å². The molecule has 2 aromatic rings. The molecule has 0 aliphatic carbocycles. The maximum atomic E-state index is 13.3. The number of ether oxygens (including phenoxy) is 1. The summed E-state index contributed by atoms with van der Waals surface area (Å²) in [5.74, 6) is 0.449. The van der Waals surface area contributed by atoms with Crippen LogP contribution in [0, 0.1) is 23.7 Å². The van der Waals surface area contributed by atoms with E-state index < -0.39 is 21.5 Å². The molecule has 0 aromatic heterocycles. The molecule has 3 rings (SSSR count). The Balaban J connectivity index is 2.05. The summed E-state index contributed by atoms with van der Waals surface area (Å²) in [5.41, 5.74) is 7.11. The third-order valence-electron chi connectivity index (χ3n) is 4.56. The number of fused-ring (bicyclic) bond motifs is 1. The Morgan fingerprint density at radius 2 is 1.93 bits per heavy atom. The molecular weight excluding hydrogens is 362 g/mol. The second kappa shape index (κ2) is 6.78. The maximum absolute atomic E-state index is 13.3. The smallest absolute Gasteiger partial charge is 0.264 e. The molecule has 6 nitrogen and oxygen atoms in total. The highest BCUT2D eigenvalue weighted by molar-refractivity contribution is 7.92. The Labute approximate surface area is 160 Å². The van der Waals surface area contributed by atoms with Crippen LogP contribution >= 0.6 is 0 Å². The van der Waals surface area contributed by atoms with Crippen molar-refractivity contribution in [2.24, 2.45) is 5.41 Å². The minimum absolute atomic E-state index is 0.123. The van der Waals surface area contributed by atoms with Gasteiger partial charge in [-0.2, -0.15) is 5.26 Å². The molecular formula is C20H23N3O3S. The van der Waals surface area contributed by atoms with Gasteiger partial charge < -0.3 is 10.5 Å². The zero-order valence-corrected chi connectivity index (χ0v) is 16.5. The molecule has 0 amide bonds. The van der Waals surface area contributed by atoms with E-state index in [9.17, 15) is 13.7 Å². The standard InChI is InChI=1S/C20H23N3O3S/c1-14-4-7-17(8-5-14)27(24,25)23-12-16(11-20(2,3)13-21)26-19-9-6-15(22)10-18(19)23/h4-10,16H,11-12,22H2,1-3H3. The van der Waals surface area contributed by atoms with E-state index in [1.807, 2.05) is 20.8 Å². The van der Waals surface area contributed by atoms with Crippen LogP contribution in [0.5, 0.6) is 5.75 Å². The minimum atomic E-state index is -3.79. The fourth-order valence-corrected chi connectivity index (χ4v) is 4.61. The quantitative estimate of drug-likeness (QED) is 0.813. The Hall–Kier alpha value is -2.72. The first kappa shape index (κ1) is 19.1. The van der Waals surface area contributed by atoms with Crippen LogP contribution in [0.4, 0.5) is 11.4 Å². The highest BCUT2D eigenvalue weighted by Gasteiger charge is 2.37. The second-order valence-corrected chi connectivity index (χ2v) is 9.38. The normalized spacial score (nSPS) is 17.0. The molecule has 0 radical (unpaired) electrons. The molecule has 27 heavy (non-hydrogen) atoms. The van der Waals surface area contributed by atoms with Crippen LogP contribution in [0.15, 0.2) is 47.4 Å². The average Bonchev–Trinajstić information content (AvgIpc) is 2.61. The third kappa shape index (κ3) is 3.86. The van der Waals surface area contributed by atoms with Crippen molar-refractivity contribution in [2.75, 3.05) is 16.6 Å². The predicted octanol–water partition coefficient (Wildman–Crippen LogP) is 3.47. The van der Waals surface area contributed by atoms with Gasteiger partial charge in [0.2, 0.25) is 0 Å². The van der Waals surface area contributed by atoms with E-state index in [0.29, 0.717) is 23.5 Å². The number of hydrogen-bond donors (Lipinski definition) is 1. The molecule has 1 aliphatic rings. The molecule has 1 atom stereocenters. The van der Waals surface area contributed by atoms with Gasteiger partial charge in [-0.15, -0.1) is 0 Å². The predicted molar refractivity (Wildman–Crippen MR) is 105 cm³/mol. The fraction of sp³-hybridized carbons (Fsp3) is 0.350. The Bertz CT molecular complexity index is 992. The number of nitrogen functional groups attached to an aromatic ring is 1. The molecule has 0 saturated carbocycles. The van der Waals surface area contributed by atoms with Crippen LogP contribution in [0.1, 0.15) is 25.8 Å². The molecule has 7 heteroatoms. The van der Waals surface area contributed by atoms with Crippen molar-refractivity contribution in [3.8, 4) is 11.8 Å². The number of anilines is 2. The Morgan fingerprint density at radius 1 is 1.26 bits per heavy atom. The summed E-state index contributed by atoms with van der Waals surface area (Å²) in [4.78, 5) is 0.210. The number of nitriles is 1. The van der Waals surface area contributed by atoms with Gasteiger partial charge in [0, 0.05) is 12.1 Å². The lowest BCUT2D eigenvalue weighted by molar-refractivity contribution is 0.156. The average molecular weight is 385 g/mol. The summed E-state index contributed by atoms with van der Waals surface area (Å²) >= 11 is 0. The first-order valence-electron chi connectivity index (χ1n) is 8.69. The number of aryl methyl sites for hydroxylation is 1. The molecule has 1 heterocycles. The van der Waals surface area contributed by atoms with E-state index >= 15 is 0 Å².